The van der Waals surface area contributed by atoms with Crippen molar-refractivity contribution >= 4 is 23.0 Å². The Hall–Kier alpha value is -5.74. The molecule has 0 unspecified atom stereocenters. The molecule has 48 heavy (non-hydrogen) atoms. The van der Waals surface area contributed by atoms with Crippen molar-refractivity contribution in [2.75, 3.05) is 10.6 Å². The molecule has 238 valence electrons. The van der Waals surface area contributed by atoms with Gasteiger partial charge in [0.05, 0.1) is 12.1 Å². The van der Waals surface area contributed by atoms with E-state index in [0.29, 0.717) is 11.7 Å². The van der Waals surface area contributed by atoms with Crippen molar-refractivity contribution < 1.29 is 0 Å². The molecule has 6 rings (SSSR count). The van der Waals surface area contributed by atoms with Crippen LogP contribution in [0.5, 0.6) is 0 Å². The van der Waals surface area contributed by atoms with Gasteiger partial charge in [-0.2, -0.15) is 0 Å². The fourth-order valence-electron chi connectivity index (χ4n) is 5.67. The number of hydrogen-bond donors (Lipinski definition) is 2. The number of nitrogens with zero attached hydrogens (tertiary/aromatic N) is 2. The van der Waals surface area contributed by atoms with Crippen LogP contribution in [0, 0.1) is 13.8 Å². The van der Waals surface area contributed by atoms with Gasteiger partial charge in [0, 0.05) is 11.4 Å². The lowest BCUT2D eigenvalue weighted by molar-refractivity contribution is 0.719. The first-order valence-electron chi connectivity index (χ1n) is 16.6. The fourth-order valence-corrected chi connectivity index (χ4v) is 5.67. The summed E-state index contributed by atoms with van der Waals surface area (Å²) >= 11 is 0. The van der Waals surface area contributed by atoms with E-state index < -0.39 is 0 Å². The molecule has 0 saturated heterocycles. The quantitative estimate of drug-likeness (QED) is 0.117. The summed E-state index contributed by atoms with van der Waals surface area (Å²) < 4.78 is 0. The van der Waals surface area contributed by atoms with Gasteiger partial charge in [-0.25, -0.2) is 0 Å². The van der Waals surface area contributed by atoms with E-state index in [4.69, 9.17) is 9.98 Å². The van der Waals surface area contributed by atoms with Crippen LogP contribution in [0.1, 0.15) is 45.5 Å². The lowest BCUT2D eigenvalue weighted by Crippen LogP contribution is -2.32. The summed E-state index contributed by atoms with van der Waals surface area (Å²) in [5.41, 5.74) is 9.02. The van der Waals surface area contributed by atoms with E-state index in [1.807, 2.05) is 0 Å². The molecule has 2 N–H and O–H groups in total. The minimum Gasteiger partial charge on any atom is -0.337 e. The van der Waals surface area contributed by atoms with Crippen LogP contribution in [-0.2, 0) is 12.8 Å². The Morgan fingerprint density at radius 3 is 1.06 bits per heavy atom. The SMILES string of the molecule is Cc1ccc(NC(=N[C@H](Cc2ccccc2)c2ccccc2)C(=N[C@H](Cc2ccccc2)c2ccccc2)Nc2ccc(C)cc2)cc1. The maximum absolute atomic E-state index is 5.54. The Bertz CT molecular complexity index is 1760. The molecule has 0 fully saturated rings. The predicted molar refractivity (Wildman–Crippen MR) is 203 cm³/mol. The number of benzene rings is 6. The maximum atomic E-state index is 5.54. The van der Waals surface area contributed by atoms with Crippen molar-refractivity contribution in [1.82, 2.24) is 0 Å². The predicted octanol–water partition coefficient (Wildman–Crippen LogP) is 10.6. The van der Waals surface area contributed by atoms with E-state index in [1.54, 1.807) is 0 Å². The second kappa shape index (κ2) is 16.2. The third-order valence-electron chi connectivity index (χ3n) is 8.34. The Kier molecular flexibility index (Phi) is 10.9. The van der Waals surface area contributed by atoms with Crippen LogP contribution in [0.3, 0.4) is 0 Å². The molecule has 0 aliphatic rings. The molecule has 0 spiro atoms. The van der Waals surface area contributed by atoms with E-state index in [-0.39, 0.29) is 12.1 Å². The zero-order chi connectivity index (χ0) is 33.0. The minimum atomic E-state index is -0.157. The van der Waals surface area contributed by atoms with Crippen LogP contribution in [-0.4, -0.2) is 11.7 Å². The lowest BCUT2D eigenvalue weighted by atomic mass is 9.99. The monoisotopic (exact) mass is 626 g/mol. The Balaban J connectivity index is 1.52. The first-order valence-corrected chi connectivity index (χ1v) is 16.6. The molecular weight excluding hydrogens is 585 g/mol. The summed E-state index contributed by atoms with van der Waals surface area (Å²) in [6.45, 7) is 4.20. The summed E-state index contributed by atoms with van der Waals surface area (Å²) in [6.07, 6.45) is 1.49. The van der Waals surface area contributed by atoms with Gasteiger partial charge in [0.2, 0.25) is 0 Å². The lowest BCUT2D eigenvalue weighted by Gasteiger charge is -2.22. The van der Waals surface area contributed by atoms with Gasteiger partial charge in [0.1, 0.15) is 0 Å². The maximum Gasteiger partial charge on any atom is 0.169 e. The van der Waals surface area contributed by atoms with Crippen molar-refractivity contribution in [3.8, 4) is 0 Å². The van der Waals surface area contributed by atoms with Crippen LogP contribution in [0.4, 0.5) is 11.4 Å². The van der Waals surface area contributed by atoms with E-state index in [0.717, 1.165) is 35.3 Å². The van der Waals surface area contributed by atoms with E-state index in [2.05, 4.69) is 194 Å². The molecule has 0 aromatic heterocycles. The number of hydrogen-bond acceptors (Lipinski definition) is 2. The van der Waals surface area contributed by atoms with Crippen molar-refractivity contribution in [3.05, 3.63) is 203 Å². The summed E-state index contributed by atoms with van der Waals surface area (Å²) in [7, 11) is 0. The van der Waals surface area contributed by atoms with Crippen LogP contribution >= 0.6 is 0 Å². The highest BCUT2D eigenvalue weighted by atomic mass is 15.1. The van der Waals surface area contributed by atoms with Crippen molar-refractivity contribution in [2.24, 2.45) is 9.98 Å². The van der Waals surface area contributed by atoms with Crippen LogP contribution in [0.25, 0.3) is 0 Å². The zero-order valence-corrected chi connectivity index (χ0v) is 27.6. The summed E-state index contributed by atoms with van der Waals surface area (Å²) in [5.74, 6) is 1.36. The summed E-state index contributed by atoms with van der Waals surface area (Å²) in [6, 6.07) is 58.8. The van der Waals surface area contributed by atoms with Crippen molar-refractivity contribution in [2.45, 2.75) is 38.8 Å². The number of aliphatic imine (C=N–C) groups is 2. The van der Waals surface area contributed by atoms with E-state index in [1.165, 1.54) is 22.3 Å². The second-order valence-corrected chi connectivity index (χ2v) is 12.2. The average Bonchev–Trinajstić information content (AvgIpc) is 3.14. The molecule has 0 heterocycles. The minimum absolute atomic E-state index is 0.157. The summed E-state index contributed by atoms with van der Waals surface area (Å²) in [5, 5.41) is 7.40. The normalized spacial score (nSPS) is 13.0. The number of nitrogens with one attached hydrogen (secondary N) is 2. The molecule has 0 saturated carbocycles. The van der Waals surface area contributed by atoms with Gasteiger partial charge in [0.25, 0.3) is 0 Å². The van der Waals surface area contributed by atoms with Gasteiger partial charge in [-0.3, -0.25) is 9.98 Å². The van der Waals surface area contributed by atoms with Gasteiger partial charge in [-0.05, 0) is 73.2 Å². The Morgan fingerprint density at radius 1 is 0.417 bits per heavy atom. The molecule has 0 aliphatic heterocycles. The topological polar surface area (TPSA) is 48.8 Å². The van der Waals surface area contributed by atoms with Gasteiger partial charge in [-0.1, -0.05) is 157 Å². The highest BCUT2D eigenvalue weighted by Gasteiger charge is 2.20. The van der Waals surface area contributed by atoms with Crippen molar-refractivity contribution in [3.63, 3.8) is 0 Å². The molecular formula is C44H42N4. The molecule has 6 aromatic rings. The third kappa shape index (κ3) is 9.17. The Morgan fingerprint density at radius 2 is 0.729 bits per heavy atom. The fraction of sp³-hybridized carbons (Fsp3) is 0.136. The smallest absolute Gasteiger partial charge is 0.169 e. The second-order valence-electron chi connectivity index (χ2n) is 12.2. The van der Waals surface area contributed by atoms with Crippen LogP contribution in [0.15, 0.2) is 180 Å². The molecule has 4 nitrogen and oxygen atoms in total. The highest BCUT2D eigenvalue weighted by Crippen LogP contribution is 2.27. The molecule has 0 amide bonds. The molecule has 0 aliphatic carbocycles. The largest absolute Gasteiger partial charge is 0.337 e. The van der Waals surface area contributed by atoms with E-state index in [9.17, 15) is 0 Å². The highest BCUT2D eigenvalue weighted by molar-refractivity contribution is 6.48. The van der Waals surface area contributed by atoms with Gasteiger partial charge >= 0.3 is 0 Å². The standard InChI is InChI=1S/C44H42N4/c1-33-23-27-39(28-24-33)45-43(47-41(37-19-11-5-12-20-37)31-35-15-7-3-8-16-35)44(46-40-29-25-34(2)26-30-40)48-42(38-21-13-6-14-22-38)32-36-17-9-4-10-18-36/h3-30,41-42H,31-32H2,1-2H3,(H,45,47)(H,46,48)/t41-,42-/m1/s1. The van der Waals surface area contributed by atoms with Crippen LogP contribution in [0.2, 0.25) is 0 Å². The van der Waals surface area contributed by atoms with Gasteiger partial charge < -0.3 is 10.6 Å². The van der Waals surface area contributed by atoms with Crippen molar-refractivity contribution in [1.29, 1.82) is 0 Å². The van der Waals surface area contributed by atoms with Gasteiger partial charge in [0.15, 0.2) is 11.7 Å². The number of anilines is 2. The number of amidine groups is 2. The first-order chi connectivity index (χ1) is 23.6. The molecule has 0 bridgehead atoms. The zero-order valence-electron chi connectivity index (χ0n) is 27.6. The van der Waals surface area contributed by atoms with Gasteiger partial charge in [-0.15, -0.1) is 0 Å². The number of aryl methyl sites for hydroxylation is 2. The summed E-state index contributed by atoms with van der Waals surface area (Å²) in [4.78, 5) is 11.1. The molecule has 2 atom stereocenters. The third-order valence-corrected chi connectivity index (χ3v) is 8.34. The first kappa shape index (κ1) is 32.2. The Labute approximate surface area is 285 Å². The average molecular weight is 627 g/mol. The molecule has 6 aromatic carbocycles. The van der Waals surface area contributed by atoms with Crippen LogP contribution < -0.4 is 10.6 Å². The molecule has 4 heteroatoms. The number of rotatable bonds is 10. The van der Waals surface area contributed by atoms with E-state index >= 15 is 0 Å². The molecule has 0 radical (unpaired) electrons.